The summed E-state index contributed by atoms with van der Waals surface area (Å²) >= 11 is 5.50. The molecule has 0 aliphatic carbocycles. The Morgan fingerprint density at radius 3 is 2.36 bits per heavy atom. The van der Waals surface area contributed by atoms with Crippen LogP contribution in [0, 0.1) is 11.6 Å². The van der Waals surface area contributed by atoms with E-state index < -0.39 is 29.6 Å². The van der Waals surface area contributed by atoms with E-state index in [2.05, 4.69) is 5.32 Å². The quantitative estimate of drug-likeness (QED) is 0.780. The molecule has 1 aromatic carbocycles. The predicted molar refractivity (Wildman–Crippen MR) is 78.9 cm³/mol. The Bertz CT molecular complexity index is 519. The van der Waals surface area contributed by atoms with Crippen LogP contribution >= 0.6 is 11.6 Å². The van der Waals surface area contributed by atoms with Crippen molar-refractivity contribution in [2.45, 2.75) is 38.8 Å². The van der Waals surface area contributed by atoms with E-state index in [4.69, 9.17) is 16.3 Å². The Kier molecular flexibility index (Phi) is 7.24. The van der Waals surface area contributed by atoms with Crippen LogP contribution in [0.15, 0.2) is 18.2 Å². The van der Waals surface area contributed by atoms with Gasteiger partial charge in [-0.15, -0.1) is 11.6 Å². The van der Waals surface area contributed by atoms with Crippen LogP contribution in [0.2, 0.25) is 0 Å². The minimum absolute atomic E-state index is 0.0736. The molecule has 0 aliphatic rings. The molecule has 0 saturated carbocycles. The highest BCUT2D eigenvalue weighted by Crippen LogP contribution is 2.11. The zero-order chi connectivity index (χ0) is 16.7. The van der Waals surface area contributed by atoms with E-state index in [1.54, 1.807) is 6.92 Å². The average molecular weight is 334 g/mol. The number of nitrogens with one attached hydrogen (secondary N) is 1. The Morgan fingerprint density at radius 1 is 1.27 bits per heavy atom. The zero-order valence-corrected chi connectivity index (χ0v) is 13.1. The molecule has 22 heavy (non-hydrogen) atoms. The third-order valence-electron chi connectivity index (χ3n) is 3.06. The maximum atomic E-state index is 13.2. The predicted octanol–water partition coefficient (Wildman–Crippen LogP) is 3.21. The Hall–Kier alpha value is -1.69. The van der Waals surface area contributed by atoms with Crippen molar-refractivity contribution in [3.63, 3.8) is 0 Å². The van der Waals surface area contributed by atoms with Gasteiger partial charge >= 0.3 is 6.09 Å². The summed E-state index contributed by atoms with van der Waals surface area (Å²) in [6.45, 7) is 3.55. The summed E-state index contributed by atoms with van der Waals surface area (Å²) in [7, 11) is 0. The molecule has 0 saturated heterocycles. The van der Waals surface area contributed by atoms with Crippen molar-refractivity contribution in [3.8, 4) is 0 Å². The summed E-state index contributed by atoms with van der Waals surface area (Å²) in [5.41, 5.74) is 0.241. The van der Waals surface area contributed by atoms with Crippen molar-refractivity contribution in [2.75, 3.05) is 5.88 Å². The Morgan fingerprint density at radius 2 is 1.86 bits per heavy atom. The molecular weight excluding hydrogens is 316 g/mol. The third-order valence-corrected chi connectivity index (χ3v) is 3.32. The van der Waals surface area contributed by atoms with Gasteiger partial charge < -0.3 is 10.1 Å². The number of hydrogen-bond donors (Lipinski definition) is 1. The lowest BCUT2D eigenvalue weighted by Crippen LogP contribution is -2.44. The van der Waals surface area contributed by atoms with Gasteiger partial charge in [-0.05, 0) is 31.0 Å². The number of Topliss-reactive ketones (excluding diaryl/α,β-unsaturated/α-hetero) is 1. The van der Waals surface area contributed by atoms with Crippen LogP contribution in [0.3, 0.4) is 0 Å². The molecule has 0 heterocycles. The van der Waals surface area contributed by atoms with Gasteiger partial charge in [-0.3, -0.25) is 4.79 Å². The van der Waals surface area contributed by atoms with Gasteiger partial charge in [0.2, 0.25) is 0 Å². The molecule has 1 unspecified atom stereocenters. The summed E-state index contributed by atoms with van der Waals surface area (Å²) in [6.07, 6.45) is -0.528. The molecule has 0 spiro atoms. The number of ether oxygens (including phenoxy) is 1. The van der Waals surface area contributed by atoms with Gasteiger partial charge in [-0.1, -0.05) is 6.92 Å². The van der Waals surface area contributed by atoms with Gasteiger partial charge in [0.1, 0.15) is 17.7 Å². The zero-order valence-electron chi connectivity index (χ0n) is 12.4. The second-order valence-electron chi connectivity index (χ2n) is 4.90. The fourth-order valence-electron chi connectivity index (χ4n) is 1.75. The lowest BCUT2D eigenvalue weighted by Gasteiger charge is -2.18. The number of ketones is 1. The third kappa shape index (κ3) is 5.97. The van der Waals surface area contributed by atoms with Crippen LogP contribution in [0.4, 0.5) is 13.6 Å². The van der Waals surface area contributed by atoms with Crippen LogP contribution < -0.4 is 5.32 Å². The second kappa shape index (κ2) is 8.68. The monoisotopic (exact) mass is 333 g/mol. The molecule has 0 bridgehead atoms. The number of halogens is 3. The number of alkyl carbamates (subject to hydrolysis) is 1. The Labute approximate surface area is 132 Å². The first kappa shape index (κ1) is 18.4. The van der Waals surface area contributed by atoms with E-state index in [0.717, 1.165) is 18.2 Å². The number of hydrogen-bond acceptors (Lipinski definition) is 3. The SMILES string of the molecule is CCC(C)OC(=O)N[C@@H](Cc1cc(F)cc(F)c1)C(=O)CCl. The van der Waals surface area contributed by atoms with Crippen LogP contribution in [0.5, 0.6) is 0 Å². The van der Waals surface area contributed by atoms with Gasteiger partial charge in [0.05, 0.1) is 11.9 Å². The molecular formula is C15H18ClF2NO3. The van der Waals surface area contributed by atoms with Crippen molar-refractivity contribution < 1.29 is 23.1 Å². The number of benzene rings is 1. The average Bonchev–Trinajstić information content (AvgIpc) is 2.44. The largest absolute Gasteiger partial charge is 0.447 e. The topological polar surface area (TPSA) is 55.4 Å². The summed E-state index contributed by atoms with van der Waals surface area (Å²) < 4.78 is 31.4. The normalized spacial score (nSPS) is 13.3. The smallest absolute Gasteiger partial charge is 0.407 e. The molecule has 0 radical (unpaired) electrons. The molecule has 0 fully saturated rings. The molecule has 4 nitrogen and oxygen atoms in total. The fraction of sp³-hybridized carbons (Fsp3) is 0.467. The van der Waals surface area contributed by atoms with Gasteiger partial charge in [0, 0.05) is 12.5 Å². The Balaban J connectivity index is 2.80. The molecule has 122 valence electrons. The highest BCUT2D eigenvalue weighted by atomic mass is 35.5. The van der Waals surface area contributed by atoms with Gasteiger partial charge in [0.25, 0.3) is 0 Å². The minimum atomic E-state index is -1.00. The fourth-order valence-corrected chi connectivity index (χ4v) is 1.93. The van der Waals surface area contributed by atoms with Crippen LogP contribution in [-0.4, -0.2) is 29.9 Å². The summed E-state index contributed by atoms with van der Waals surface area (Å²) in [5, 5.41) is 2.38. The highest BCUT2D eigenvalue weighted by molar-refractivity contribution is 6.28. The van der Waals surface area contributed by atoms with Crippen molar-refractivity contribution >= 4 is 23.5 Å². The molecule has 1 amide bonds. The van der Waals surface area contributed by atoms with Crippen LogP contribution in [0.1, 0.15) is 25.8 Å². The molecule has 1 N–H and O–H groups in total. The number of alkyl halides is 1. The molecule has 1 rings (SSSR count). The maximum Gasteiger partial charge on any atom is 0.407 e. The standard InChI is InChI=1S/C15H18ClF2NO3/c1-3-9(2)22-15(21)19-13(14(20)8-16)6-10-4-11(17)7-12(18)5-10/h4-5,7,9,13H,3,6,8H2,1-2H3,(H,19,21)/t9?,13-/m0/s1. The first-order valence-electron chi connectivity index (χ1n) is 6.86. The van der Waals surface area contributed by atoms with E-state index in [-0.39, 0.29) is 24.0 Å². The van der Waals surface area contributed by atoms with E-state index in [0.29, 0.717) is 6.42 Å². The lowest BCUT2D eigenvalue weighted by atomic mass is 10.0. The lowest BCUT2D eigenvalue weighted by molar-refractivity contribution is -0.118. The number of carbonyl (C=O) groups is 2. The van der Waals surface area contributed by atoms with Gasteiger partial charge in [-0.2, -0.15) is 0 Å². The minimum Gasteiger partial charge on any atom is -0.447 e. The first-order valence-corrected chi connectivity index (χ1v) is 7.40. The number of rotatable bonds is 7. The van der Waals surface area contributed by atoms with E-state index in [1.165, 1.54) is 0 Å². The summed E-state index contributed by atoms with van der Waals surface area (Å²) in [4.78, 5) is 23.5. The van der Waals surface area contributed by atoms with E-state index in [9.17, 15) is 18.4 Å². The van der Waals surface area contributed by atoms with E-state index >= 15 is 0 Å². The van der Waals surface area contributed by atoms with Crippen LogP contribution in [-0.2, 0) is 16.0 Å². The molecule has 7 heteroatoms. The number of amides is 1. The van der Waals surface area contributed by atoms with Crippen molar-refractivity contribution in [2.24, 2.45) is 0 Å². The van der Waals surface area contributed by atoms with E-state index in [1.807, 2.05) is 6.92 Å². The molecule has 0 aliphatic heterocycles. The van der Waals surface area contributed by atoms with Gasteiger partial charge in [0.15, 0.2) is 5.78 Å². The molecule has 2 atom stereocenters. The van der Waals surface area contributed by atoms with Gasteiger partial charge in [-0.25, -0.2) is 13.6 Å². The second-order valence-corrected chi connectivity index (χ2v) is 5.17. The van der Waals surface area contributed by atoms with Crippen molar-refractivity contribution in [1.29, 1.82) is 0 Å². The molecule has 0 aromatic heterocycles. The maximum absolute atomic E-state index is 13.2. The molecule has 1 aromatic rings. The summed E-state index contributed by atoms with van der Waals surface area (Å²) in [5.74, 6) is -2.30. The van der Waals surface area contributed by atoms with Crippen molar-refractivity contribution in [3.05, 3.63) is 35.4 Å². The van der Waals surface area contributed by atoms with Crippen molar-refractivity contribution in [1.82, 2.24) is 5.32 Å². The first-order chi connectivity index (χ1) is 10.3. The number of carbonyl (C=O) groups excluding carboxylic acids is 2. The van der Waals surface area contributed by atoms with Crippen LogP contribution in [0.25, 0.3) is 0 Å². The highest BCUT2D eigenvalue weighted by Gasteiger charge is 2.22. The summed E-state index contributed by atoms with van der Waals surface area (Å²) in [6, 6.07) is 1.92.